The van der Waals surface area contributed by atoms with Crippen LogP contribution in [0.5, 0.6) is 28.7 Å². The number of hydrogen-bond donors (Lipinski definition) is 4. The van der Waals surface area contributed by atoms with Crippen molar-refractivity contribution in [3.05, 3.63) is 77.4 Å². The third kappa shape index (κ3) is 3.54. The lowest BCUT2D eigenvalue weighted by molar-refractivity contribution is -0.0466. The van der Waals surface area contributed by atoms with E-state index in [1.54, 1.807) is 6.07 Å². The molecule has 3 aromatic carbocycles. The third-order valence-electron chi connectivity index (χ3n) is 4.80. The fraction of sp³-hybridized carbons (Fsp3) is 0.182. The summed E-state index contributed by atoms with van der Waals surface area (Å²) in [5.41, 5.74) is 2.16. The van der Waals surface area contributed by atoms with Gasteiger partial charge in [-0.1, -0.05) is 36.4 Å². The highest BCUT2D eigenvalue weighted by molar-refractivity contribution is 5.52. The molecule has 3 aromatic rings. The van der Waals surface area contributed by atoms with Crippen molar-refractivity contribution in [2.75, 3.05) is 0 Å². The zero-order chi connectivity index (χ0) is 19.7. The van der Waals surface area contributed by atoms with E-state index in [4.69, 9.17) is 9.47 Å². The number of ether oxygens (including phenoxy) is 2. The van der Waals surface area contributed by atoms with Crippen LogP contribution in [0.1, 0.15) is 22.8 Å². The van der Waals surface area contributed by atoms with Crippen molar-refractivity contribution >= 4 is 0 Å². The first kappa shape index (κ1) is 18.0. The van der Waals surface area contributed by atoms with Crippen molar-refractivity contribution in [3.63, 3.8) is 0 Å². The average Bonchev–Trinajstić information content (AvgIpc) is 2.69. The van der Waals surface area contributed by atoms with E-state index in [9.17, 15) is 20.4 Å². The van der Waals surface area contributed by atoms with Crippen LogP contribution in [0.3, 0.4) is 0 Å². The van der Waals surface area contributed by atoms with E-state index < -0.39 is 12.2 Å². The van der Waals surface area contributed by atoms with Crippen LogP contribution < -0.4 is 4.74 Å². The van der Waals surface area contributed by atoms with Crippen molar-refractivity contribution in [1.82, 2.24) is 0 Å². The predicted octanol–water partition coefficient (Wildman–Crippen LogP) is 3.77. The maximum absolute atomic E-state index is 10.2. The number of aromatic hydroxyl groups is 4. The quantitative estimate of drug-likeness (QED) is 0.514. The van der Waals surface area contributed by atoms with Gasteiger partial charge in [0.25, 0.3) is 0 Å². The van der Waals surface area contributed by atoms with E-state index in [0.717, 1.165) is 5.56 Å². The van der Waals surface area contributed by atoms with Crippen molar-refractivity contribution in [2.45, 2.75) is 25.2 Å². The van der Waals surface area contributed by atoms with Crippen LogP contribution in [0.2, 0.25) is 0 Å². The van der Waals surface area contributed by atoms with Gasteiger partial charge in [-0.25, -0.2) is 0 Å². The largest absolute Gasteiger partial charge is 0.508 e. The lowest BCUT2D eigenvalue weighted by Crippen LogP contribution is -2.33. The Morgan fingerprint density at radius 2 is 1.64 bits per heavy atom. The van der Waals surface area contributed by atoms with E-state index in [1.165, 1.54) is 24.3 Å². The summed E-state index contributed by atoms with van der Waals surface area (Å²) in [6.45, 7) is 0.351. The van der Waals surface area contributed by atoms with Crippen LogP contribution in [0.15, 0.2) is 60.7 Å². The predicted molar refractivity (Wildman–Crippen MR) is 102 cm³/mol. The van der Waals surface area contributed by atoms with E-state index >= 15 is 0 Å². The summed E-state index contributed by atoms with van der Waals surface area (Å²) in [6.07, 6.45) is -0.684. The number of benzene rings is 3. The van der Waals surface area contributed by atoms with Crippen molar-refractivity contribution < 1.29 is 29.9 Å². The molecule has 4 rings (SSSR count). The molecule has 4 N–H and O–H groups in total. The van der Waals surface area contributed by atoms with E-state index in [1.807, 2.05) is 30.3 Å². The molecule has 144 valence electrons. The molecule has 1 aliphatic heterocycles. The molecule has 0 saturated heterocycles. The van der Waals surface area contributed by atoms with Gasteiger partial charge in [-0.15, -0.1) is 0 Å². The zero-order valence-electron chi connectivity index (χ0n) is 14.9. The number of fused-ring (bicyclic) bond motifs is 1. The van der Waals surface area contributed by atoms with Gasteiger partial charge in [0.05, 0.1) is 6.61 Å². The van der Waals surface area contributed by atoms with E-state index in [-0.39, 0.29) is 23.0 Å². The van der Waals surface area contributed by atoms with Crippen molar-refractivity contribution in [1.29, 1.82) is 0 Å². The molecule has 0 aromatic heterocycles. The van der Waals surface area contributed by atoms with Gasteiger partial charge in [0.2, 0.25) is 0 Å². The Hall–Kier alpha value is -3.38. The first-order chi connectivity index (χ1) is 13.5. The van der Waals surface area contributed by atoms with Crippen molar-refractivity contribution in [2.24, 2.45) is 0 Å². The molecule has 0 radical (unpaired) electrons. The second-order valence-electron chi connectivity index (χ2n) is 6.77. The number of phenols is 4. The summed E-state index contributed by atoms with van der Waals surface area (Å²) >= 11 is 0. The first-order valence-corrected chi connectivity index (χ1v) is 8.90. The second-order valence-corrected chi connectivity index (χ2v) is 6.77. The van der Waals surface area contributed by atoms with Gasteiger partial charge < -0.3 is 29.9 Å². The molecule has 0 saturated carbocycles. The van der Waals surface area contributed by atoms with E-state index in [2.05, 4.69) is 0 Å². The molecular weight excluding hydrogens is 360 g/mol. The van der Waals surface area contributed by atoms with Gasteiger partial charge in [0, 0.05) is 24.1 Å². The van der Waals surface area contributed by atoms with Crippen LogP contribution in [0.25, 0.3) is 0 Å². The summed E-state index contributed by atoms with van der Waals surface area (Å²) in [6, 6.07) is 16.8. The fourth-order valence-electron chi connectivity index (χ4n) is 3.37. The molecule has 28 heavy (non-hydrogen) atoms. The molecule has 0 aliphatic carbocycles. The normalized spacial score (nSPS) is 18.3. The Morgan fingerprint density at radius 3 is 2.39 bits per heavy atom. The molecule has 1 aliphatic rings. The van der Waals surface area contributed by atoms with Crippen molar-refractivity contribution in [3.8, 4) is 28.7 Å². The maximum atomic E-state index is 10.2. The summed E-state index contributed by atoms with van der Waals surface area (Å²) in [7, 11) is 0. The summed E-state index contributed by atoms with van der Waals surface area (Å²) in [4.78, 5) is 0. The van der Waals surface area contributed by atoms with Crippen LogP contribution >= 0.6 is 0 Å². The number of phenolic OH excluding ortho intramolecular Hbond substituents is 4. The van der Waals surface area contributed by atoms with Crippen LogP contribution in [0.4, 0.5) is 0 Å². The zero-order valence-corrected chi connectivity index (χ0v) is 14.9. The minimum absolute atomic E-state index is 0.0599. The highest BCUT2D eigenvalue weighted by atomic mass is 16.5. The van der Waals surface area contributed by atoms with Gasteiger partial charge >= 0.3 is 0 Å². The van der Waals surface area contributed by atoms with Crippen LogP contribution in [0, 0.1) is 0 Å². The fourth-order valence-corrected chi connectivity index (χ4v) is 3.37. The first-order valence-electron chi connectivity index (χ1n) is 8.90. The molecule has 0 fully saturated rings. The highest BCUT2D eigenvalue weighted by Crippen LogP contribution is 2.43. The molecule has 0 amide bonds. The highest BCUT2D eigenvalue weighted by Gasteiger charge is 2.34. The molecule has 2 unspecified atom stereocenters. The molecule has 0 bridgehead atoms. The number of hydrogen-bond acceptors (Lipinski definition) is 6. The Labute approximate surface area is 161 Å². The topological polar surface area (TPSA) is 99.4 Å². The maximum Gasteiger partial charge on any atom is 0.157 e. The standard InChI is InChI=1S/C22H20O6/c23-15-9-18(25)16-11-21(27-12-13-4-2-1-3-5-13)22(28-20(16)10-15)14-6-7-17(24)19(26)8-14/h1-10,21-26H,11-12H2. The Kier molecular flexibility index (Phi) is 4.71. The Bertz CT molecular complexity index is 986. The second kappa shape index (κ2) is 7.32. The van der Waals surface area contributed by atoms with Crippen LogP contribution in [-0.4, -0.2) is 26.5 Å². The van der Waals surface area contributed by atoms with Gasteiger partial charge in [-0.05, 0) is 23.3 Å². The average molecular weight is 380 g/mol. The molecule has 2 atom stereocenters. The van der Waals surface area contributed by atoms with Gasteiger partial charge in [-0.3, -0.25) is 0 Å². The lowest BCUT2D eigenvalue weighted by atomic mass is 9.93. The Morgan fingerprint density at radius 1 is 0.857 bits per heavy atom. The SMILES string of the molecule is Oc1cc(O)c2c(c1)OC(c1ccc(O)c(O)c1)C(OCc1ccccc1)C2. The molecule has 0 spiro atoms. The van der Waals surface area contributed by atoms with Gasteiger partial charge in [-0.2, -0.15) is 0 Å². The molecule has 6 nitrogen and oxygen atoms in total. The third-order valence-corrected chi connectivity index (χ3v) is 4.80. The van der Waals surface area contributed by atoms with Crippen LogP contribution in [-0.2, 0) is 17.8 Å². The minimum atomic E-state index is -0.594. The summed E-state index contributed by atoms with van der Waals surface area (Å²) in [5, 5.41) is 39.5. The molecular formula is C22H20O6. The van der Waals surface area contributed by atoms with Gasteiger partial charge in [0.1, 0.15) is 23.4 Å². The summed E-state index contributed by atoms with van der Waals surface area (Å²) < 4.78 is 12.1. The minimum Gasteiger partial charge on any atom is -0.508 e. The van der Waals surface area contributed by atoms with E-state index in [0.29, 0.717) is 29.9 Å². The molecule has 6 heteroatoms. The lowest BCUT2D eigenvalue weighted by Gasteiger charge is -2.34. The smallest absolute Gasteiger partial charge is 0.157 e. The Balaban J connectivity index is 1.67. The number of rotatable bonds is 4. The summed E-state index contributed by atoms with van der Waals surface area (Å²) in [5.74, 6) is -0.290. The van der Waals surface area contributed by atoms with Gasteiger partial charge in [0.15, 0.2) is 17.6 Å². The molecule has 1 heterocycles. The monoisotopic (exact) mass is 380 g/mol.